The molecular formula is C47H33N2+. The lowest BCUT2D eigenvalue weighted by atomic mass is 9.85. The molecule has 9 rings (SSSR count). The molecule has 1 N–H and O–H groups in total. The molecule has 0 radical (unpaired) electrons. The number of H-pyrrole nitrogens is 1. The third-order valence-corrected chi connectivity index (χ3v) is 9.50. The van der Waals surface area contributed by atoms with Gasteiger partial charge in [-0.1, -0.05) is 170 Å². The number of nitrogens with one attached hydrogen (secondary N) is 1. The van der Waals surface area contributed by atoms with Crippen LogP contribution in [0.4, 0.5) is 0 Å². The van der Waals surface area contributed by atoms with Gasteiger partial charge in [-0.3, -0.25) is 0 Å². The molecule has 8 aromatic carbocycles. The van der Waals surface area contributed by atoms with Gasteiger partial charge in [0.2, 0.25) is 0 Å². The van der Waals surface area contributed by atoms with Gasteiger partial charge in [0.15, 0.2) is 11.0 Å². The lowest BCUT2D eigenvalue weighted by Gasteiger charge is -2.18. The Hall–Kier alpha value is -6.51. The van der Waals surface area contributed by atoms with E-state index in [1.807, 2.05) is 0 Å². The summed E-state index contributed by atoms with van der Waals surface area (Å²) in [6, 6.07) is 69.5. The number of aromatic amines is 1. The third kappa shape index (κ3) is 4.94. The SMILES string of the molecule is c1ccc(-c2ccccc2-c2c3ccccc3c(-c3ccccc3-c3ccccc3)c3c2[nH]c(-c2ccccc2)[n+]3-c2ccccc2)cc1. The van der Waals surface area contributed by atoms with Crippen molar-refractivity contribution in [2.45, 2.75) is 0 Å². The van der Waals surface area contributed by atoms with Gasteiger partial charge in [-0.05, 0) is 68.4 Å². The van der Waals surface area contributed by atoms with Crippen LogP contribution in [-0.2, 0) is 0 Å². The lowest BCUT2D eigenvalue weighted by Crippen LogP contribution is -2.32. The summed E-state index contributed by atoms with van der Waals surface area (Å²) in [5.41, 5.74) is 14.0. The van der Waals surface area contributed by atoms with E-state index in [-0.39, 0.29) is 0 Å². The van der Waals surface area contributed by atoms with Crippen LogP contribution >= 0.6 is 0 Å². The number of fused-ring (bicyclic) bond motifs is 2. The van der Waals surface area contributed by atoms with Gasteiger partial charge in [-0.25, -0.2) is 4.98 Å². The molecule has 0 atom stereocenters. The lowest BCUT2D eigenvalue weighted by molar-refractivity contribution is -0.554. The minimum absolute atomic E-state index is 1.04. The molecule has 0 amide bonds. The molecule has 2 nitrogen and oxygen atoms in total. The first-order valence-corrected chi connectivity index (χ1v) is 16.8. The average molecular weight is 626 g/mol. The van der Waals surface area contributed by atoms with Crippen molar-refractivity contribution in [2.75, 3.05) is 0 Å². The van der Waals surface area contributed by atoms with Gasteiger partial charge in [-0.15, -0.1) is 0 Å². The fraction of sp³-hybridized carbons (Fsp3) is 0. The quantitative estimate of drug-likeness (QED) is 0.177. The molecule has 0 aliphatic rings. The molecule has 0 unspecified atom stereocenters. The molecule has 0 saturated heterocycles. The van der Waals surface area contributed by atoms with Gasteiger partial charge >= 0.3 is 0 Å². The molecule has 0 aliphatic carbocycles. The number of hydrogen-bond donors (Lipinski definition) is 1. The maximum Gasteiger partial charge on any atom is 0.292 e. The molecule has 0 spiro atoms. The largest absolute Gasteiger partial charge is 0.292 e. The second-order valence-electron chi connectivity index (χ2n) is 12.4. The highest BCUT2D eigenvalue weighted by Crippen LogP contribution is 2.47. The Kier molecular flexibility index (Phi) is 7.18. The highest BCUT2D eigenvalue weighted by atomic mass is 15.1. The van der Waals surface area contributed by atoms with E-state index in [1.165, 1.54) is 55.3 Å². The van der Waals surface area contributed by atoms with Gasteiger partial charge in [0.05, 0.1) is 5.56 Å². The minimum atomic E-state index is 1.04. The van der Waals surface area contributed by atoms with E-state index in [9.17, 15) is 0 Å². The molecule has 0 saturated carbocycles. The molecule has 2 heteroatoms. The van der Waals surface area contributed by atoms with E-state index < -0.39 is 0 Å². The van der Waals surface area contributed by atoms with Crippen molar-refractivity contribution >= 4 is 21.8 Å². The van der Waals surface area contributed by atoms with E-state index in [0.29, 0.717) is 0 Å². The number of rotatable bonds is 6. The normalized spacial score (nSPS) is 11.3. The first kappa shape index (κ1) is 28.7. The van der Waals surface area contributed by atoms with Crippen LogP contribution in [-0.4, -0.2) is 4.98 Å². The summed E-state index contributed by atoms with van der Waals surface area (Å²) in [5.74, 6) is 1.04. The Balaban J connectivity index is 1.52. The van der Waals surface area contributed by atoms with Gasteiger partial charge in [0.25, 0.3) is 5.82 Å². The highest BCUT2D eigenvalue weighted by molar-refractivity contribution is 6.21. The number of aromatic nitrogens is 2. The van der Waals surface area contributed by atoms with Crippen molar-refractivity contribution in [1.82, 2.24) is 4.98 Å². The average Bonchev–Trinajstić information content (AvgIpc) is 3.58. The summed E-state index contributed by atoms with van der Waals surface area (Å²) in [4.78, 5) is 4.05. The summed E-state index contributed by atoms with van der Waals surface area (Å²) in [6.45, 7) is 0. The molecule has 0 bridgehead atoms. The highest BCUT2D eigenvalue weighted by Gasteiger charge is 2.31. The van der Waals surface area contributed by atoms with Crippen LogP contribution < -0.4 is 4.57 Å². The van der Waals surface area contributed by atoms with E-state index in [1.54, 1.807) is 0 Å². The molecule has 230 valence electrons. The zero-order valence-electron chi connectivity index (χ0n) is 26.9. The molecular weight excluding hydrogens is 593 g/mol. The molecule has 1 aromatic heterocycles. The van der Waals surface area contributed by atoms with E-state index in [2.05, 4.69) is 204 Å². The summed E-state index contributed by atoms with van der Waals surface area (Å²) in [6.07, 6.45) is 0. The zero-order valence-corrected chi connectivity index (χ0v) is 26.9. The number of nitrogens with zero attached hydrogens (tertiary/aromatic N) is 1. The molecule has 1 heterocycles. The summed E-state index contributed by atoms with van der Waals surface area (Å²) in [7, 11) is 0. The van der Waals surface area contributed by atoms with E-state index in [4.69, 9.17) is 0 Å². The van der Waals surface area contributed by atoms with E-state index in [0.717, 1.165) is 28.1 Å². The van der Waals surface area contributed by atoms with Crippen molar-refractivity contribution < 1.29 is 4.57 Å². The number of benzene rings is 8. The smallest absolute Gasteiger partial charge is 0.236 e. The Morgan fingerprint density at radius 3 is 1.24 bits per heavy atom. The first-order valence-electron chi connectivity index (χ1n) is 16.8. The Bertz CT molecular complexity index is 2570. The van der Waals surface area contributed by atoms with Crippen LogP contribution in [0.3, 0.4) is 0 Å². The summed E-state index contributed by atoms with van der Waals surface area (Å²) >= 11 is 0. The molecule has 0 aliphatic heterocycles. The van der Waals surface area contributed by atoms with Crippen LogP contribution in [0, 0.1) is 0 Å². The van der Waals surface area contributed by atoms with Crippen molar-refractivity contribution in [1.29, 1.82) is 0 Å². The van der Waals surface area contributed by atoms with Crippen molar-refractivity contribution in [3.05, 3.63) is 194 Å². The van der Waals surface area contributed by atoms with Crippen LogP contribution in [0.25, 0.3) is 83.4 Å². The third-order valence-electron chi connectivity index (χ3n) is 9.50. The summed E-state index contributed by atoms with van der Waals surface area (Å²) in [5, 5.41) is 2.41. The molecule has 0 fully saturated rings. The van der Waals surface area contributed by atoms with Gasteiger partial charge in [0.1, 0.15) is 5.69 Å². The van der Waals surface area contributed by atoms with Crippen LogP contribution in [0.2, 0.25) is 0 Å². The molecule has 49 heavy (non-hydrogen) atoms. The predicted octanol–water partition coefficient (Wildman–Crippen LogP) is 11.9. The summed E-state index contributed by atoms with van der Waals surface area (Å²) < 4.78 is 2.43. The standard InChI is InChI=1S/C47H32N2/c1-5-19-33(20-6-1)37-27-13-15-29-39(37)43-41-31-17-18-32-42(41)44(40-30-16-14-28-38(40)34-21-7-2-8-22-34)46-45(43)48-47(35-23-9-3-10-24-35)49(46)36-25-11-4-12-26-36/h1-32H/p+1. The fourth-order valence-electron chi connectivity index (χ4n) is 7.38. The fourth-order valence-corrected chi connectivity index (χ4v) is 7.38. The van der Waals surface area contributed by atoms with Crippen LogP contribution in [0.1, 0.15) is 0 Å². The van der Waals surface area contributed by atoms with Gasteiger partial charge in [0, 0.05) is 11.1 Å². The van der Waals surface area contributed by atoms with Gasteiger partial charge < -0.3 is 0 Å². The van der Waals surface area contributed by atoms with Crippen molar-refractivity contribution in [3.63, 3.8) is 0 Å². The maximum atomic E-state index is 4.05. The minimum Gasteiger partial charge on any atom is -0.236 e. The zero-order chi connectivity index (χ0) is 32.6. The Labute approximate surface area is 286 Å². The van der Waals surface area contributed by atoms with Crippen molar-refractivity contribution in [3.8, 4) is 61.6 Å². The first-order chi connectivity index (χ1) is 24.4. The molecule has 9 aromatic rings. The Morgan fingerprint density at radius 2 is 0.714 bits per heavy atom. The van der Waals surface area contributed by atoms with Crippen LogP contribution in [0.5, 0.6) is 0 Å². The monoisotopic (exact) mass is 625 g/mol. The predicted molar refractivity (Wildman–Crippen MR) is 205 cm³/mol. The number of imidazole rings is 1. The van der Waals surface area contributed by atoms with E-state index >= 15 is 0 Å². The van der Waals surface area contributed by atoms with Gasteiger partial charge in [-0.2, -0.15) is 4.57 Å². The topological polar surface area (TPSA) is 19.7 Å². The Morgan fingerprint density at radius 1 is 0.327 bits per heavy atom. The maximum absolute atomic E-state index is 4.05. The number of para-hydroxylation sites is 1. The number of hydrogen-bond acceptors (Lipinski definition) is 0. The van der Waals surface area contributed by atoms with Crippen molar-refractivity contribution in [2.24, 2.45) is 0 Å². The second-order valence-corrected chi connectivity index (χ2v) is 12.4. The second kappa shape index (κ2) is 12.3. The van der Waals surface area contributed by atoms with Crippen LogP contribution in [0.15, 0.2) is 194 Å².